The smallest absolute Gasteiger partial charge is 0.0703 e. The molecule has 1 saturated heterocycles. The van der Waals surface area contributed by atoms with E-state index in [4.69, 9.17) is 4.74 Å². The Morgan fingerprint density at radius 3 is 2.89 bits per heavy atom. The Labute approximate surface area is 55.9 Å². The summed E-state index contributed by atoms with van der Waals surface area (Å²) in [5.74, 6) is 0. The van der Waals surface area contributed by atoms with Gasteiger partial charge in [0, 0.05) is 6.54 Å². The summed E-state index contributed by atoms with van der Waals surface area (Å²) in [4.78, 5) is 0. The van der Waals surface area contributed by atoms with Crippen molar-refractivity contribution in [1.82, 2.24) is 5.32 Å². The van der Waals surface area contributed by atoms with E-state index in [1.165, 1.54) is 5.57 Å². The third-order valence-corrected chi connectivity index (χ3v) is 1.36. The Hall–Kier alpha value is -0.340. The molecule has 52 valence electrons. The van der Waals surface area contributed by atoms with Crippen molar-refractivity contribution in [3.05, 3.63) is 11.6 Å². The molecule has 0 spiro atoms. The molecule has 0 saturated carbocycles. The maximum Gasteiger partial charge on any atom is 0.0703 e. The molecule has 0 aromatic rings. The monoisotopic (exact) mass is 127 g/mol. The van der Waals surface area contributed by atoms with Crippen LogP contribution in [-0.2, 0) is 4.74 Å². The van der Waals surface area contributed by atoms with Gasteiger partial charge in [0.25, 0.3) is 0 Å². The third-order valence-electron chi connectivity index (χ3n) is 1.36. The number of hydrogen-bond acceptors (Lipinski definition) is 2. The normalized spacial score (nSPS) is 17.2. The first-order chi connectivity index (χ1) is 4.43. The van der Waals surface area contributed by atoms with Crippen LogP contribution in [0.25, 0.3) is 0 Å². The standard InChI is InChI=1S/C7H13NO/c1-2-8-4-3-7-5-9-6-7/h3,8H,2,4-6H2,1H3. The SMILES string of the molecule is CCNCC=C1COC1. The van der Waals surface area contributed by atoms with Crippen LogP contribution in [0, 0.1) is 0 Å². The molecule has 0 aromatic carbocycles. The average molecular weight is 127 g/mol. The van der Waals surface area contributed by atoms with Crippen LogP contribution in [0.4, 0.5) is 0 Å². The van der Waals surface area contributed by atoms with E-state index in [1.54, 1.807) is 0 Å². The molecule has 0 unspecified atom stereocenters. The molecule has 1 heterocycles. The highest BCUT2D eigenvalue weighted by Crippen LogP contribution is 2.05. The van der Waals surface area contributed by atoms with Crippen LogP contribution in [-0.4, -0.2) is 26.3 Å². The molecule has 1 N–H and O–H groups in total. The summed E-state index contributed by atoms with van der Waals surface area (Å²) < 4.78 is 4.97. The van der Waals surface area contributed by atoms with Crippen molar-refractivity contribution in [2.24, 2.45) is 0 Å². The zero-order valence-electron chi connectivity index (χ0n) is 5.81. The van der Waals surface area contributed by atoms with Gasteiger partial charge in [-0.25, -0.2) is 0 Å². The molecule has 9 heavy (non-hydrogen) atoms. The van der Waals surface area contributed by atoms with Gasteiger partial charge in [0.05, 0.1) is 13.2 Å². The summed E-state index contributed by atoms with van der Waals surface area (Å²) in [6, 6.07) is 0. The molecule has 0 aromatic heterocycles. The Kier molecular flexibility index (Phi) is 2.74. The fraction of sp³-hybridized carbons (Fsp3) is 0.714. The van der Waals surface area contributed by atoms with Gasteiger partial charge in [-0.3, -0.25) is 0 Å². The van der Waals surface area contributed by atoms with Crippen molar-refractivity contribution in [1.29, 1.82) is 0 Å². The van der Waals surface area contributed by atoms with Crippen molar-refractivity contribution >= 4 is 0 Å². The van der Waals surface area contributed by atoms with E-state index in [1.807, 2.05) is 0 Å². The molecule has 0 amide bonds. The largest absolute Gasteiger partial charge is 0.373 e. The van der Waals surface area contributed by atoms with Crippen molar-refractivity contribution < 1.29 is 4.74 Å². The second kappa shape index (κ2) is 3.64. The van der Waals surface area contributed by atoms with E-state index in [0.717, 1.165) is 26.3 Å². The summed E-state index contributed by atoms with van der Waals surface area (Å²) in [5.41, 5.74) is 1.43. The van der Waals surface area contributed by atoms with Gasteiger partial charge in [-0.15, -0.1) is 0 Å². The van der Waals surface area contributed by atoms with Crippen LogP contribution in [0.1, 0.15) is 6.92 Å². The quantitative estimate of drug-likeness (QED) is 0.441. The van der Waals surface area contributed by atoms with Gasteiger partial charge in [-0.05, 0) is 12.1 Å². The zero-order valence-corrected chi connectivity index (χ0v) is 5.81. The minimum atomic E-state index is 0.853. The average Bonchev–Trinajstić information content (AvgIpc) is 1.76. The van der Waals surface area contributed by atoms with Gasteiger partial charge >= 0.3 is 0 Å². The summed E-state index contributed by atoms with van der Waals surface area (Å²) in [6.07, 6.45) is 2.20. The Balaban J connectivity index is 2.01. The number of nitrogens with one attached hydrogen (secondary N) is 1. The number of rotatable bonds is 3. The van der Waals surface area contributed by atoms with E-state index in [2.05, 4.69) is 18.3 Å². The Bertz CT molecular complexity index is 103. The summed E-state index contributed by atoms with van der Waals surface area (Å²) in [6.45, 7) is 5.85. The van der Waals surface area contributed by atoms with Gasteiger partial charge in [0.15, 0.2) is 0 Å². The van der Waals surface area contributed by atoms with Crippen LogP contribution < -0.4 is 5.32 Å². The highest BCUT2D eigenvalue weighted by atomic mass is 16.5. The lowest BCUT2D eigenvalue weighted by Crippen LogP contribution is -2.19. The summed E-state index contributed by atoms with van der Waals surface area (Å²) >= 11 is 0. The predicted molar refractivity (Wildman–Crippen MR) is 37.4 cm³/mol. The minimum Gasteiger partial charge on any atom is -0.373 e. The maximum atomic E-state index is 4.97. The first-order valence-corrected chi connectivity index (χ1v) is 3.40. The topological polar surface area (TPSA) is 21.3 Å². The predicted octanol–water partition coefficient (Wildman–Crippen LogP) is 0.552. The maximum absolute atomic E-state index is 4.97. The molecule has 1 rings (SSSR count). The van der Waals surface area contributed by atoms with Crippen LogP contribution in [0.2, 0.25) is 0 Å². The highest BCUT2D eigenvalue weighted by Gasteiger charge is 2.06. The number of ether oxygens (including phenoxy) is 1. The van der Waals surface area contributed by atoms with Gasteiger partial charge < -0.3 is 10.1 Å². The van der Waals surface area contributed by atoms with Crippen LogP contribution in [0.15, 0.2) is 11.6 Å². The highest BCUT2D eigenvalue weighted by molar-refractivity contribution is 5.09. The molecular weight excluding hydrogens is 114 g/mol. The first kappa shape index (κ1) is 6.78. The molecule has 0 atom stereocenters. The second-order valence-electron chi connectivity index (χ2n) is 2.16. The molecule has 1 fully saturated rings. The summed E-state index contributed by atoms with van der Waals surface area (Å²) in [5, 5.41) is 3.22. The summed E-state index contributed by atoms with van der Waals surface area (Å²) in [7, 11) is 0. The van der Waals surface area contributed by atoms with E-state index in [9.17, 15) is 0 Å². The van der Waals surface area contributed by atoms with Crippen molar-refractivity contribution in [2.75, 3.05) is 26.3 Å². The minimum absolute atomic E-state index is 0.853. The van der Waals surface area contributed by atoms with E-state index < -0.39 is 0 Å². The molecule has 2 heteroatoms. The van der Waals surface area contributed by atoms with E-state index >= 15 is 0 Å². The van der Waals surface area contributed by atoms with Crippen molar-refractivity contribution in [2.45, 2.75) is 6.92 Å². The fourth-order valence-electron chi connectivity index (χ4n) is 0.699. The van der Waals surface area contributed by atoms with Crippen LogP contribution in [0.5, 0.6) is 0 Å². The van der Waals surface area contributed by atoms with Crippen LogP contribution >= 0.6 is 0 Å². The van der Waals surface area contributed by atoms with E-state index in [0.29, 0.717) is 0 Å². The molecule has 0 aliphatic carbocycles. The zero-order chi connectivity index (χ0) is 6.53. The lowest BCUT2D eigenvalue weighted by atomic mass is 10.2. The van der Waals surface area contributed by atoms with Crippen molar-refractivity contribution in [3.63, 3.8) is 0 Å². The Morgan fingerprint density at radius 2 is 2.44 bits per heavy atom. The lowest BCUT2D eigenvalue weighted by molar-refractivity contribution is 0.102. The lowest BCUT2D eigenvalue weighted by Gasteiger charge is -2.17. The molecule has 1 aliphatic heterocycles. The number of likely N-dealkylation sites (N-methyl/N-ethyl adjacent to an activating group) is 1. The second-order valence-corrected chi connectivity index (χ2v) is 2.16. The fourth-order valence-corrected chi connectivity index (χ4v) is 0.699. The van der Waals surface area contributed by atoms with Crippen molar-refractivity contribution in [3.8, 4) is 0 Å². The number of hydrogen-bond donors (Lipinski definition) is 1. The Morgan fingerprint density at radius 1 is 1.67 bits per heavy atom. The van der Waals surface area contributed by atoms with Gasteiger partial charge in [0.1, 0.15) is 0 Å². The van der Waals surface area contributed by atoms with Gasteiger partial charge in [0.2, 0.25) is 0 Å². The molecule has 1 aliphatic rings. The third kappa shape index (κ3) is 2.16. The van der Waals surface area contributed by atoms with Gasteiger partial charge in [-0.1, -0.05) is 13.0 Å². The first-order valence-electron chi connectivity index (χ1n) is 3.40. The molecule has 0 bridgehead atoms. The molecular formula is C7H13NO. The van der Waals surface area contributed by atoms with Crippen LogP contribution in [0.3, 0.4) is 0 Å². The molecule has 0 radical (unpaired) electrons. The molecule has 2 nitrogen and oxygen atoms in total. The van der Waals surface area contributed by atoms with E-state index in [-0.39, 0.29) is 0 Å². The van der Waals surface area contributed by atoms with Gasteiger partial charge in [-0.2, -0.15) is 0 Å².